The molecule has 0 saturated carbocycles. The third kappa shape index (κ3) is 5.66. The van der Waals surface area contributed by atoms with Gasteiger partial charge in [0.25, 0.3) is 6.43 Å². The topological polar surface area (TPSA) is 110 Å². The Morgan fingerprint density at radius 3 is 2.73 bits per heavy atom. The van der Waals surface area contributed by atoms with Gasteiger partial charge in [-0.1, -0.05) is 24.6 Å². The highest BCUT2D eigenvalue weighted by atomic mass is 35.5. The van der Waals surface area contributed by atoms with Crippen LogP contribution in [0, 0.1) is 28.9 Å². The maximum Gasteiger partial charge on any atom is 0.345 e. The Balaban J connectivity index is 1.38. The average Bonchev–Trinajstić information content (AvgIpc) is 3.74. The molecule has 0 aliphatic carbocycles. The molecule has 2 aromatic heterocycles. The van der Waals surface area contributed by atoms with E-state index >= 15 is 8.78 Å². The van der Waals surface area contributed by atoms with Crippen LogP contribution in [-0.4, -0.2) is 77.9 Å². The van der Waals surface area contributed by atoms with Gasteiger partial charge in [0.05, 0.1) is 38.4 Å². The Kier molecular flexibility index (Phi) is 8.99. The van der Waals surface area contributed by atoms with Crippen LogP contribution in [0.3, 0.4) is 0 Å². The van der Waals surface area contributed by atoms with Crippen molar-refractivity contribution in [1.82, 2.24) is 14.9 Å². The first-order chi connectivity index (χ1) is 24.9. The number of hydrogen-bond donors (Lipinski definition) is 1. The van der Waals surface area contributed by atoms with E-state index in [2.05, 4.69) is 16.8 Å². The molecule has 3 saturated heterocycles. The van der Waals surface area contributed by atoms with Gasteiger partial charge in [0.1, 0.15) is 34.8 Å². The van der Waals surface area contributed by atoms with Crippen LogP contribution in [0.1, 0.15) is 51.0 Å². The minimum absolute atomic E-state index is 0.00458. The van der Waals surface area contributed by atoms with E-state index in [1.165, 1.54) is 6.07 Å². The maximum absolute atomic E-state index is 17.4. The molecule has 8 rings (SSSR count). The van der Waals surface area contributed by atoms with Gasteiger partial charge in [-0.3, -0.25) is 4.90 Å². The summed E-state index contributed by atoms with van der Waals surface area (Å²) in [6.07, 6.45) is -3.44. The number of halogens is 7. The lowest BCUT2D eigenvalue weighted by Gasteiger charge is -2.44. The molecule has 0 radical (unpaired) electrons. The molecule has 9 nitrogen and oxygen atoms in total. The molecular weight excluding hydrogens is 734 g/mol. The number of benzene rings is 2. The summed E-state index contributed by atoms with van der Waals surface area (Å²) in [5.41, 5.74) is 4.86. The fourth-order valence-electron chi connectivity index (χ4n) is 8.83. The zero-order valence-electron chi connectivity index (χ0n) is 27.8. The molecule has 4 aliphatic rings. The van der Waals surface area contributed by atoms with Crippen LogP contribution in [0.15, 0.2) is 12.1 Å². The maximum atomic E-state index is 17.4. The lowest BCUT2D eigenvalue weighted by molar-refractivity contribution is -0.175. The van der Waals surface area contributed by atoms with Crippen LogP contribution in [-0.2, 0) is 4.74 Å². The number of aromatic nitrogens is 2. The summed E-state index contributed by atoms with van der Waals surface area (Å²) < 4.78 is 106. The minimum atomic E-state index is -3.17. The van der Waals surface area contributed by atoms with Crippen LogP contribution >= 0.6 is 22.9 Å². The molecule has 2 aromatic carbocycles. The van der Waals surface area contributed by atoms with Crippen LogP contribution in [0.5, 0.6) is 11.8 Å². The Labute approximate surface area is 303 Å². The number of anilines is 2. The van der Waals surface area contributed by atoms with Gasteiger partial charge in [0.15, 0.2) is 17.7 Å². The van der Waals surface area contributed by atoms with E-state index in [0.29, 0.717) is 12.3 Å². The van der Waals surface area contributed by atoms with Crippen molar-refractivity contribution >= 4 is 54.7 Å². The van der Waals surface area contributed by atoms with Gasteiger partial charge < -0.3 is 24.8 Å². The highest BCUT2D eigenvalue weighted by Crippen LogP contribution is 2.52. The summed E-state index contributed by atoms with van der Waals surface area (Å²) in [5, 5.41) is 9.32. The number of nitriles is 1. The monoisotopic (exact) mass is 766 g/mol. The van der Waals surface area contributed by atoms with Crippen molar-refractivity contribution < 1.29 is 40.6 Å². The molecule has 17 heteroatoms. The van der Waals surface area contributed by atoms with Gasteiger partial charge in [-0.2, -0.15) is 24.0 Å². The van der Waals surface area contributed by atoms with E-state index in [0.717, 1.165) is 49.8 Å². The van der Waals surface area contributed by atoms with Gasteiger partial charge in [-0.25, -0.2) is 17.6 Å². The predicted octanol–water partition coefficient (Wildman–Crippen LogP) is 8.14. The molecular formula is C35H33ClF6N6O3S. The SMILES string of the molecule is C[C@H]1CN2CCCC2(COc2nc3c4c(c(Cl)c(-c5ccc(F)c6sc(N)c(C#N)c56)c(F)c4n2)OC(C(F)F)CC2C(OC(F)F)CCCN32)C1. The van der Waals surface area contributed by atoms with Gasteiger partial charge in [-0.15, -0.1) is 11.3 Å². The molecule has 0 amide bonds. The van der Waals surface area contributed by atoms with Crippen molar-refractivity contribution in [3.05, 3.63) is 34.4 Å². The molecule has 0 spiro atoms. The molecule has 4 aromatic rings. The third-order valence-corrected chi connectivity index (χ3v) is 12.3. The van der Waals surface area contributed by atoms with Crippen molar-refractivity contribution in [2.24, 2.45) is 5.92 Å². The molecule has 2 N–H and O–H groups in total. The largest absolute Gasteiger partial charge is 0.482 e. The first kappa shape index (κ1) is 35.3. The van der Waals surface area contributed by atoms with E-state index < -0.39 is 59.9 Å². The second kappa shape index (κ2) is 13.3. The Morgan fingerprint density at radius 1 is 1.17 bits per heavy atom. The molecule has 52 heavy (non-hydrogen) atoms. The molecule has 6 heterocycles. The number of nitrogens with zero attached hydrogens (tertiary/aromatic N) is 5. The minimum Gasteiger partial charge on any atom is -0.482 e. The van der Waals surface area contributed by atoms with E-state index in [4.69, 9.17) is 36.5 Å². The number of hydrogen-bond acceptors (Lipinski definition) is 10. The molecule has 3 fully saturated rings. The Bertz CT molecular complexity index is 2120. The Hall–Kier alpha value is -3.78. The fraction of sp³-hybridized carbons (Fsp3) is 0.514. The van der Waals surface area contributed by atoms with Crippen molar-refractivity contribution in [3.63, 3.8) is 0 Å². The summed E-state index contributed by atoms with van der Waals surface area (Å²) in [4.78, 5) is 13.1. The Morgan fingerprint density at radius 2 is 1.98 bits per heavy atom. The van der Waals surface area contributed by atoms with Gasteiger partial charge >= 0.3 is 12.6 Å². The lowest BCUT2D eigenvalue weighted by atomic mass is 9.91. The molecule has 4 unspecified atom stereocenters. The fourth-order valence-corrected chi connectivity index (χ4v) is 10.1. The van der Waals surface area contributed by atoms with Crippen molar-refractivity contribution in [2.45, 2.75) is 82.3 Å². The molecule has 5 atom stereocenters. The predicted molar refractivity (Wildman–Crippen MR) is 184 cm³/mol. The number of nitrogen functional groups attached to an aromatic ring is 1. The van der Waals surface area contributed by atoms with Gasteiger partial charge in [-0.05, 0) is 56.2 Å². The van der Waals surface area contributed by atoms with Crippen LogP contribution in [0.2, 0.25) is 5.02 Å². The van der Waals surface area contributed by atoms with Crippen LogP contribution in [0.4, 0.5) is 37.2 Å². The van der Waals surface area contributed by atoms with E-state index in [9.17, 15) is 22.8 Å². The summed E-state index contributed by atoms with van der Waals surface area (Å²) in [5.74, 6) is -1.70. The zero-order valence-corrected chi connectivity index (χ0v) is 29.4. The smallest absolute Gasteiger partial charge is 0.345 e. The number of rotatable bonds is 7. The molecule has 0 bridgehead atoms. The number of fused-ring (bicyclic) bond motifs is 4. The first-order valence-corrected chi connectivity index (χ1v) is 18.3. The summed E-state index contributed by atoms with van der Waals surface area (Å²) in [6.45, 7) is 1.18. The molecule has 4 aliphatic heterocycles. The number of piperidine rings is 1. The van der Waals surface area contributed by atoms with Crippen LogP contribution in [0.25, 0.3) is 32.1 Å². The average molecular weight is 767 g/mol. The standard InChI is InChI=1S/C35H33ClF6N6O3S/c1-15-11-35(7-3-8-47(35)13-15)14-49-34-45-27-24-28(25(36)23(26(27)38)16-5-6-18(37)29-22(16)17(12-43)31(44)52-29)50-21(30(39)40)10-19-20(51-33(41)42)4-2-9-48(19)32(24)46-34/h5-6,15,19-21,30,33H,2-4,7-11,13-14,44H2,1H3/t15-,19?,20?,21?,35?/m1/s1. The summed E-state index contributed by atoms with van der Waals surface area (Å²) >= 11 is 7.75. The number of alkyl halides is 4. The van der Waals surface area contributed by atoms with Crippen molar-refractivity contribution in [1.29, 1.82) is 5.26 Å². The number of nitrogens with two attached hydrogens (primary N) is 1. The normalized spacial score (nSPS) is 26.1. The van der Waals surface area contributed by atoms with Crippen LogP contribution < -0.4 is 20.1 Å². The van der Waals surface area contributed by atoms with Gasteiger partial charge in [0.2, 0.25) is 0 Å². The highest BCUT2D eigenvalue weighted by Gasteiger charge is 2.48. The second-order valence-corrected chi connectivity index (χ2v) is 15.5. The summed E-state index contributed by atoms with van der Waals surface area (Å²) in [7, 11) is 0. The van der Waals surface area contributed by atoms with Crippen molar-refractivity contribution in [2.75, 3.05) is 36.9 Å². The lowest BCUT2D eigenvalue weighted by Crippen LogP contribution is -2.53. The number of ether oxygens (including phenoxy) is 3. The quantitative estimate of drug-likeness (QED) is 0.187. The van der Waals surface area contributed by atoms with Crippen molar-refractivity contribution in [3.8, 4) is 29.0 Å². The molecule has 276 valence electrons. The van der Waals surface area contributed by atoms with E-state index in [1.807, 2.05) is 6.07 Å². The zero-order chi connectivity index (χ0) is 36.6. The van der Waals surface area contributed by atoms with E-state index in [-0.39, 0.29) is 79.9 Å². The van der Waals surface area contributed by atoms with E-state index in [1.54, 1.807) is 4.90 Å². The highest BCUT2D eigenvalue weighted by molar-refractivity contribution is 7.23. The number of thiophene rings is 1. The first-order valence-electron chi connectivity index (χ1n) is 17.1. The summed E-state index contributed by atoms with van der Waals surface area (Å²) in [6, 6.07) is 2.95. The third-order valence-electron chi connectivity index (χ3n) is 10.9. The van der Waals surface area contributed by atoms with Gasteiger partial charge in [0, 0.05) is 30.5 Å². The second-order valence-electron chi connectivity index (χ2n) is 14.1.